The number of rotatable bonds is 3. The quantitative estimate of drug-likeness (QED) is 0.927. The largest absolute Gasteiger partial charge is 0.340 e. The number of halogens is 1. The van der Waals surface area contributed by atoms with Gasteiger partial charge in [0.1, 0.15) is 0 Å². The van der Waals surface area contributed by atoms with Crippen LogP contribution in [0.3, 0.4) is 0 Å². The van der Waals surface area contributed by atoms with Crippen LogP contribution in [-0.2, 0) is 0 Å². The van der Waals surface area contributed by atoms with Crippen LogP contribution in [0.4, 0.5) is 5.95 Å². The molecule has 0 aliphatic carbocycles. The fraction of sp³-hybridized carbons (Fsp3) is 0.375. The molecule has 21 heavy (non-hydrogen) atoms. The minimum Gasteiger partial charge on any atom is -0.340 e. The standard InChI is InChI=1S/C16H19BrN4/c17-14-6-2-1-5-13(14)15-7-8-19-16(20-15)21-9-3-4-12(10-18)11-21/h1-2,5-8,12H,3-4,9-11,18H2. The summed E-state index contributed by atoms with van der Waals surface area (Å²) in [6, 6.07) is 10.1. The van der Waals surface area contributed by atoms with Crippen LogP contribution in [-0.4, -0.2) is 29.6 Å². The molecule has 1 aromatic heterocycles. The van der Waals surface area contributed by atoms with E-state index in [4.69, 9.17) is 10.7 Å². The van der Waals surface area contributed by atoms with Crippen molar-refractivity contribution in [3.63, 3.8) is 0 Å². The van der Waals surface area contributed by atoms with Gasteiger partial charge in [0.2, 0.25) is 5.95 Å². The number of hydrogen-bond donors (Lipinski definition) is 1. The molecule has 3 rings (SSSR count). The Bertz CT molecular complexity index is 617. The molecule has 1 unspecified atom stereocenters. The van der Waals surface area contributed by atoms with Gasteiger partial charge in [0.25, 0.3) is 0 Å². The number of nitrogens with zero attached hydrogens (tertiary/aromatic N) is 3. The zero-order valence-electron chi connectivity index (χ0n) is 11.9. The lowest BCUT2D eigenvalue weighted by atomic mass is 9.99. The molecule has 0 saturated carbocycles. The van der Waals surface area contributed by atoms with E-state index in [0.717, 1.165) is 47.7 Å². The van der Waals surface area contributed by atoms with E-state index in [-0.39, 0.29) is 0 Å². The number of piperidine rings is 1. The summed E-state index contributed by atoms with van der Waals surface area (Å²) in [6.07, 6.45) is 4.20. The molecule has 1 aliphatic heterocycles. The van der Waals surface area contributed by atoms with Crippen molar-refractivity contribution in [3.05, 3.63) is 41.0 Å². The Labute approximate surface area is 133 Å². The molecule has 2 N–H and O–H groups in total. The Hall–Kier alpha value is -1.46. The molecule has 5 heteroatoms. The lowest BCUT2D eigenvalue weighted by molar-refractivity contribution is 0.419. The van der Waals surface area contributed by atoms with E-state index in [1.165, 1.54) is 6.42 Å². The van der Waals surface area contributed by atoms with Crippen molar-refractivity contribution in [1.82, 2.24) is 9.97 Å². The van der Waals surface area contributed by atoms with Gasteiger partial charge in [-0.1, -0.05) is 34.1 Å². The summed E-state index contributed by atoms with van der Waals surface area (Å²) in [5, 5.41) is 0. The Balaban J connectivity index is 1.88. The van der Waals surface area contributed by atoms with Crippen molar-refractivity contribution in [3.8, 4) is 11.3 Å². The zero-order chi connectivity index (χ0) is 14.7. The third-order valence-electron chi connectivity index (χ3n) is 3.93. The summed E-state index contributed by atoms with van der Waals surface area (Å²) in [5.74, 6) is 1.36. The summed E-state index contributed by atoms with van der Waals surface area (Å²) in [7, 11) is 0. The van der Waals surface area contributed by atoms with Crippen LogP contribution in [0.5, 0.6) is 0 Å². The molecule has 2 aromatic rings. The average Bonchev–Trinajstić information content (AvgIpc) is 2.55. The normalized spacial score (nSPS) is 18.8. The number of anilines is 1. The van der Waals surface area contributed by atoms with Crippen LogP contribution >= 0.6 is 15.9 Å². The Morgan fingerprint density at radius 1 is 1.29 bits per heavy atom. The lowest BCUT2D eigenvalue weighted by Gasteiger charge is -2.32. The van der Waals surface area contributed by atoms with Crippen LogP contribution < -0.4 is 10.6 Å². The van der Waals surface area contributed by atoms with Crippen LogP contribution in [0.25, 0.3) is 11.3 Å². The fourth-order valence-electron chi connectivity index (χ4n) is 2.76. The first-order chi connectivity index (χ1) is 10.3. The van der Waals surface area contributed by atoms with E-state index in [1.807, 2.05) is 30.5 Å². The molecule has 0 radical (unpaired) electrons. The second kappa shape index (κ2) is 6.54. The van der Waals surface area contributed by atoms with Crippen molar-refractivity contribution in [2.75, 3.05) is 24.5 Å². The van der Waals surface area contributed by atoms with E-state index in [1.54, 1.807) is 0 Å². The summed E-state index contributed by atoms with van der Waals surface area (Å²) >= 11 is 3.58. The van der Waals surface area contributed by atoms with Gasteiger partial charge in [-0.3, -0.25) is 0 Å². The van der Waals surface area contributed by atoms with Gasteiger partial charge in [-0.05, 0) is 37.4 Å². The molecule has 1 fully saturated rings. The van der Waals surface area contributed by atoms with Crippen molar-refractivity contribution >= 4 is 21.9 Å². The zero-order valence-corrected chi connectivity index (χ0v) is 13.5. The average molecular weight is 347 g/mol. The van der Waals surface area contributed by atoms with Crippen molar-refractivity contribution in [1.29, 1.82) is 0 Å². The topological polar surface area (TPSA) is 55.0 Å². The van der Waals surface area contributed by atoms with Gasteiger partial charge in [-0.25, -0.2) is 9.97 Å². The van der Waals surface area contributed by atoms with Gasteiger partial charge in [-0.15, -0.1) is 0 Å². The van der Waals surface area contributed by atoms with Crippen molar-refractivity contribution in [2.24, 2.45) is 11.7 Å². The van der Waals surface area contributed by atoms with E-state index in [2.05, 4.69) is 31.9 Å². The minimum absolute atomic E-state index is 0.550. The van der Waals surface area contributed by atoms with Gasteiger partial charge >= 0.3 is 0 Å². The summed E-state index contributed by atoms with van der Waals surface area (Å²) in [5.41, 5.74) is 7.85. The van der Waals surface area contributed by atoms with E-state index < -0.39 is 0 Å². The van der Waals surface area contributed by atoms with Crippen LogP contribution in [0.2, 0.25) is 0 Å². The number of nitrogens with two attached hydrogens (primary N) is 1. The molecule has 1 aliphatic rings. The highest BCUT2D eigenvalue weighted by molar-refractivity contribution is 9.10. The summed E-state index contributed by atoms with van der Waals surface area (Å²) in [6.45, 7) is 2.70. The molecule has 0 amide bonds. The number of benzene rings is 1. The fourth-order valence-corrected chi connectivity index (χ4v) is 3.25. The Kier molecular flexibility index (Phi) is 4.51. The first-order valence-electron chi connectivity index (χ1n) is 7.31. The van der Waals surface area contributed by atoms with Gasteiger partial charge < -0.3 is 10.6 Å². The Morgan fingerprint density at radius 2 is 2.14 bits per heavy atom. The third-order valence-corrected chi connectivity index (χ3v) is 4.62. The van der Waals surface area contributed by atoms with Crippen molar-refractivity contribution < 1.29 is 0 Å². The van der Waals surface area contributed by atoms with Crippen molar-refractivity contribution in [2.45, 2.75) is 12.8 Å². The maximum Gasteiger partial charge on any atom is 0.225 e. The SMILES string of the molecule is NCC1CCCN(c2nccc(-c3ccccc3Br)n2)C1. The molecule has 110 valence electrons. The van der Waals surface area contributed by atoms with Crippen LogP contribution in [0, 0.1) is 5.92 Å². The smallest absolute Gasteiger partial charge is 0.225 e. The summed E-state index contributed by atoms with van der Waals surface area (Å²) < 4.78 is 1.05. The first kappa shape index (κ1) is 14.5. The monoisotopic (exact) mass is 346 g/mol. The molecule has 1 saturated heterocycles. The maximum atomic E-state index is 5.81. The molecule has 0 bridgehead atoms. The third kappa shape index (κ3) is 3.24. The highest BCUT2D eigenvalue weighted by atomic mass is 79.9. The number of aromatic nitrogens is 2. The predicted molar refractivity (Wildman–Crippen MR) is 89.2 cm³/mol. The van der Waals surface area contributed by atoms with Crippen LogP contribution in [0.1, 0.15) is 12.8 Å². The van der Waals surface area contributed by atoms with Crippen LogP contribution in [0.15, 0.2) is 41.0 Å². The molecular formula is C16H19BrN4. The highest BCUT2D eigenvalue weighted by Crippen LogP contribution is 2.28. The second-order valence-corrected chi connectivity index (χ2v) is 6.27. The van der Waals surface area contributed by atoms with Gasteiger partial charge in [0.05, 0.1) is 5.69 Å². The van der Waals surface area contributed by atoms with Gasteiger partial charge in [0, 0.05) is 29.3 Å². The molecule has 1 aromatic carbocycles. The second-order valence-electron chi connectivity index (χ2n) is 5.41. The van der Waals surface area contributed by atoms with Gasteiger partial charge in [0.15, 0.2) is 0 Å². The maximum absolute atomic E-state index is 5.81. The molecule has 1 atom stereocenters. The molecule has 2 heterocycles. The Morgan fingerprint density at radius 3 is 2.95 bits per heavy atom. The minimum atomic E-state index is 0.550. The highest BCUT2D eigenvalue weighted by Gasteiger charge is 2.21. The molecular weight excluding hydrogens is 328 g/mol. The lowest BCUT2D eigenvalue weighted by Crippen LogP contribution is -2.39. The van der Waals surface area contributed by atoms with E-state index in [9.17, 15) is 0 Å². The first-order valence-corrected chi connectivity index (χ1v) is 8.10. The molecule has 0 spiro atoms. The molecule has 4 nitrogen and oxygen atoms in total. The number of hydrogen-bond acceptors (Lipinski definition) is 4. The summed E-state index contributed by atoms with van der Waals surface area (Å²) in [4.78, 5) is 11.4. The van der Waals surface area contributed by atoms with E-state index >= 15 is 0 Å². The van der Waals surface area contributed by atoms with Gasteiger partial charge in [-0.2, -0.15) is 0 Å². The van der Waals surface area contributed by atoms with E-state index in [0.29, 0.717) is 5.92 Å². The predicted octanol–water partition coefficient (Wildman–Crippen LogP) is 3.08.